The topological polar surface area (TPSA) is 53.4 Å². The molecule has 0 aliphatic carbocycles. The fraction of sp³-hybridized carbons (Fsp3) is 0.529. The molecule has 1 N–H and O–H groups in total. The maximum Gasteiger partial charge on any atom is 0.255 e. The van der Waals surface area contributed by atoms with Gasteiger partial charge >= 0.3 is 0 Å². The van der Waals surface area contributed by atoms with Crippen molar-refractivity contribution < 1.29 is 9.90 Å². The highest BCUT2D eigenvalue weighted by Gasteiger charge is 2.27. The number of hydrogen-bond acceptors (Lipinski definition) is 3. The van der Waals surface area contributed by atoms with Gasteiger partial charge in [-0.15, -0.1) is 0 Å². The molecule has 1 aliphatic heterocycles. The number of nitrogens with zero attached hydrogens (tertiary/aromatic N) is 2. The van der Waals surface area contributed by atoms with Crippen LogP contribution in [-0.4, -0.2) is 40.6 Å². The monoisotopic (exact) mass is 286 g/mol. The summed E-state index contributed by atoms with van der Waals surface area (Å²) in [5.74, 6) is 7.00. The summed E-state index contributed by atoms with van der Waals surface area (Å²) >= 11 is 0. The molecule has 21 heavy (non-hydrogen) atoms. The number of aromatic nitrogens is 1. The van der Waals surface area contributed by atoms with Crippen LogP contribution >= 0.6 is 0 Å². The van der Waals surface area contributed by atoms with Crippen molar-refractivity contribution in [3.05, 3.63) is 29.6 Å². The molecule has 1 saturated heterocycles. The van der Waals surface area contributed by atoms with Crippen LogP contribution in [0.1, 0.15) is 42.6 Å². The summed E-state index contributed by atoms with van der Waals surface area (Å²) < 4.78 is 0. The predicted molar refractivity (Wildman–Crippen MR) is 81.7 cm³/mol. The van der Waals surface area contributed by atoms with Gasteiger partial charge in [0.15, 0.2) is 0 Å². The van der Waals surface area contributed by atoms with E-state index in [1.54, 1.807) is 18.5 Å². The van der Waals surface area contributed by atoms with Crippen LogP contribution in [0.5, 0.6) is 0 Å². The van der Waals surface area contributed by atoms with Gasteiger partial charge in [0.1, 0.15) is 0 Å². The minimum atomic E-state index is 0.0259. The van der Waals surface area contributed by atoms with Crippen molar-refractivity contribution in [2.75, 3.05) is 19.7 Å². The zero-order valence-electron chi connectivity index (χ0n) is 12.7. The highest BCUT2D eigenvalue weighted by atomic mass is 16.2. The van der Waals surface area contributed by atoms with Crippen LogP contribution in [0.4, 0.5) is 0 Å². The van der Waals surface area contributed by atoms with Crippen LogP contribution in [0, 0.1) is 23.7 Å². The molecule has 1 aromatic rings. The van der Waals surface area contributed by atoms with Gasteiger partial charge in [0, 0.05) is 31.9 Å². The van der Waals surface area contributed by atoms with Crippen LogP contribution in [-0.2, 0) is 0 Å². The summed E-state index contributed by atoms with van der Waals surface area (Å²) in [5.41, 5.74) is 1.25. The van der Waals surface area contributed by atoms with Gasteiger partial charge in [0.2, 0.25) is 0 Å². The number of hydrogen-bond donors (Lipinski definition) is 1. The van der Waals surface area contributed by atoms with Crippen LogP contribution in [0.3, 0.4) is 0 Å². The van der Waals surface area contributed by atoms with E-state index in [9.17, 15) is 4.79 Å². The average molecular weight is 286 g/mol. The molecular formula is C17H22N2O2. The first-order valence-corrected chi connectivity index (χ1v) is 7.46. The second-order valence-corrected chi connectivity index (χ2v) is 5.69. The third kappa shape index (κ3) is 3.83. The smallest absolute Gasteiger partial charge is 0.255 e. The van der Waals surface area contributed by atoms with E-state index < -0.39 is 0 Å². The van der Waals surface area contributed by atoms with E-state index in [-0.39, 0.29) is 12.5 Å². The third-order valence-corrected chi connectivity index (χ3v) is 4.13. The molecule has 1 amide bonds. The number of carbonyl (C=O) groups is 1. The van der Waals surface area contributed by atoms with E-state index in [2.05, 4.69) is 30.7 Å². The fourth-order valence-corrected chi connectivity index (χ4v) is 2.51. The third-order valence-electron chi connectivity index (χ3n) is 4.13. The van der Waals surface area contributed by atoms with E-state index in [1.165, 1.54) is 0 Å². The summed E-state index contributed by atoms with van der Waals surface area (Å²) in [6.45, 7) is 6.06. The van der Waals surface area contributed by atoms with E-state index in [0.29, 0.717) is 29.4 Å². The lowest BCUT2D eigenvalue weighted by Crippen LogP contribution is -2.42. The Kier molecular flexibility index (Phi) is 5.35. The minimum absolute atomic E-state index is 0.0259. The number of carbonyl (C=O) groups excluding carboxylic acids is 1. The van der Waals surface area contributed by atoms with Crippen molar-refractivity contribution in [3.8, 4) is 11.8 Å². The maximum absolute atomic E-state index is 12.7. The second kappa shape index (κ2) is 7.24. The summed E-state index contributed by atoms with van der Waals surface area (Å²) in [6, 6.07) is 1.73. The van der Waals surface area contributed by atoms with E-state index >= 15 is 0 Å². The zero-order valence-corrected chi connectivity index (χ0v) is 12.7. The molecule has 2 rings (SSSR count). The zero-order chi connectivity index (χ0) is 15.2. The Morgan fingerprint density at radius 3 is 3.00 bits per heavy atom. The van der Waals surface area contributed by atoms with Gasteiger partial charge in [-0.3, -0.25) is 9.78 Å². The SMILES string of the molecule is CC1CCN(C(=O)c2ccncc2C#CCCO)CC1C. The molecular weight excluding hydrogens is 264 g/mol. The molecule has 4 heteroatoms. The van der Waals surface area contributed by atoms with Crippen LogP contribution in [0.15, 0.2) is 18.5 Å². The molecule has 1 fully saturated rings. The van der Waals surface area contributed by atoms with Crippen molar-refractivity contribution in [1.82, 2.24) is 9.88 Å². The Bertz CT molecular complexity index is 559. The van der Waals surface area contributed by atoms with Gasteiger partial charge in [-0.1, -0.05) is 25.7 Å². The van der Waals surface area contributed by atoms with Crippen molar-refractivity contribution in [2.45, 2.75) is 26.7 Å². The molecule has 1 aromatic heterocycles. The Hall–Kier alpha value is -1.86. The number of rotatable bonds is 2. The highest BCUT2D eigenvalue weighted by molar-refractivity contribution is 5.96. The summed E-state index contributed by atoms with van der Waals surface area (Å²) in [7, 11) is 0. The van der Waals surface area contributed by atoms with Gasteiger partial charge in [-0.05, 0) is 24.3 Å². The number of aliphatic hydroxyl groups is 1. The lowest BCUT2D eigenvalue weighted by Gasteiger charge is -2.35. The van der Waals surface area contributed by atoms with Crippen LogP contribution in [0.2, 0.25) is 0 Å². The summed E-state index contributed by atoms with van der Waals surface area (Å²) in [5, 5.41) is 8.79. The molecule has 112 valence electrons. The second-order valence-electron chi connectivity index (χ2n) is 5.69. The summed E-state index contributed by atoms with van der Waals surface area (Å²) in [4.78, 5) is 18.6. The Morgan fingerprint density at radius 2 is 2.29 bits per heavy atom. The molecule has 0 saturated carbocycles. The van der Waals surface area contributed by atoms with Gasteiger partial charge in [-0.2, -0.15) is 0 Å². The Morgan fingerprint density at radius 1 is 1.48 bits per heavy atom. The summed E-state index contributed by atoms with van der Waals surface area (Å²) in [6.07, 6.45) is 4.69. The first kappa shape index (κ1) is 15.5. The van der Waals surface area contributed by atoms with Crippen molar-refractivity contribution in [2.24, 2.45) is 11.8 Å². The number of aliphatic hydroxyl groups excluding tert-OH is 1. The lowest BCUT2D eigenvalue weighted by atomic mass is 9.88. The van der Waals surface area contributed by atoms with Gasteiger partial charge in [0.05, 0.1) is 17.7 Å². The Balaban J connectivity index is 2.18. The normalized spacial score (nSPS) is 21.6. The standard InChI is InChI=1S/C17H22N2O2/c1-13-7-9-19(12-14(13)2)17(21)16-6-8-18-11-15(16)5-3-4-10-20/h6,8,11,13-14,20H,4,7,9-10,12H2,1-2H3. The molecule has 0 spiro atoms. The maximum atomic E-state index is 12.7. The lowest BCUT2D eigenvalue weighted by molar-refractivity contribution is 0.0627. The largest absolute Gasteiger partial charge is 0.395 e. The van der Waals surface area contributed by atoms with Crippen molar-refractivity contribution in [1.29, 1.82) is 0 Å². The fourth-order valence-electron chi connectivity index (χ4n) is 2.51. The van der Waals surface area contributed by atoms with Crippen LogP contribution < -0.4 is 0 Å². The molecule has 0 aromatic carbocycles. The van der Waals surface area contributed by atoms with E-state index in [1.807, 2.05) is 4.90 Å². The van der Waals surface area contributed by atoms with Gasteiger partial charge in [0.25, 0.3) is 5.91 Å². The molecule has 0 bridgehead atoms. The molecule has 2 unspecified atom stereocenters. The highest BCUT2D eigenvalue weighted by Crippen LogP contribution is 2.24. The average Bonchev–Trinajstić information content (AvgIpc) is 2.50. The van der Waals surface area contributed by atoms with Gasteiger partial charge < -0.3 is 10.0 Å². The molecule has 2 atom stereocenters. The van der Waals surface area contributed by atoms with Crippen molar-refractivity contribution >= 4 is 5.91 Å². The minimum Gasteiger partial charge on any atom is -0.395 e. The molecule has 1 aliphatic rings. The number of pyridine rings is 1. The number of amides is 1. The van der Waals surface area contributed by atoms with Gasteiger partial charge in [-0.25, -0.2) is 0 Å². The first-order chi connectivity index (χ1) is 10.1. The number of likely N-dealkylation sites (tertiary alicyclic amines) is 1. The number of piperidine rings is 1. The Labute approximate surface area is 126 Å². The molecule has 4 nitrogen and oxygen atoms in total. The van der Waals surface area contributed by atoms with Crippen molar-refractivity contribution in [3.63, 3.8) is 0 Å². The molecule has 0 radical (unpaired) electrons. The van der Waals surface area contributed by atoms with Crippen LogP contribution in [0.25, 0.3) is 0 Å². The predicted octanol–water partition coefficient (Wildman–Crippen LogP) is 1.93. The van der Waals surface area contributed by atoms with E-state index in [0.717, 1.165) is 19.5 Å². The van der Waals surface area contributed by atoms with E-state index in [4.69, 9.17) is 5.11 Å². The first-order valence-electron chi connectivity index (χ1n) is 7.46. The quantitative estimate of drug-likeness (QED) is 0.845. The molecule has 2 heterocycles.